The number of anilines is 1. The molecule has 2 heterocycles. The Hall–Kier alpha value is -2.47. The van der Waals surface area contributed by atoms with Crippen molar-refractivity contribution in [2.75, 3.05) is 5.73 Å². The summed E-state index contributed by atoms with van der Waals surface area (Å²) in [5, 5.41) is 4.10. The molecule has 100 valence electrons. The molecule has 0 bridgehead atoms. The minimum Gasteiger partial charge on any atom is -0.367 e. The average molecular weight is 291 g/mol. The summed E-state index contributed by atoms with van der Waals surface area (Å²) in [5.41, 5.74) is 7.76. The fraction of sp³-hybridized carbons (Fsp3) is 0. The van der Waals surface area contributed by atoms with Gasteiger partial charge in [0.05, 0.1) is 16.3 Å². The summed E-state index contributed by atoms with van der Waals surface area (Å²) in [6.45, 7) is 0. The molecule has 0 spiro atoms. The van der Waals surface area contributed by atoms with Gasteiger partial charge < -0.3 is 10.3 Å². The van der Waals surface area contributed by atoms with Crippen LogP contribution in [0.5, 0.6) is 0 Å². The molecular weight excluding hydrogens is 283 g/mol. The number of aromatic nitrogens is 3. The van der Waals surface area contributed by atoms with E-state index in [1.54, 1.807) is 12.3 Å². The van der Waals surface area contributed by atoms with E-state index in [2.05, 4.69) is 15.1 Å². The summed E-state index contributed by atoms with van der Waals surface area (Å²) in [6, 6.07) is 5.67. The highest BCUT2D eigenvalue weighted by Gasteiger charge is 2.20. The van der Waals surface area contributed by atoms with Gasteiger partial charge in [-0.05, 0) is 24.3 Å². The first-order chi connectivity index (χ1) is 9.66. The van der Waals surface area contributed by atoms with E-state index in [-0.39, 0.29) is 10.9 Å². The molecule has 0 saturated carbocycles. The molecular formula is C13H8ClFN4O. The Labute approximate surface area is 118 Å². The van der Waals surface area contributed by atoms with Crippen LogP contribution in [0.15, 0.2) is 41.3 Å². The Balaban J connectivity index is 2.21. The van der Waals surface area contributed by atoms with E-state index in [1.807, 2.05) is 0 Å². The lowest BCUT2D eigenvalue weighted by molar-refractivity contribution is 0.439. The van der Waals surface area contributed by atoms with Crippen LogP contribution in [0.3, 0.4) is 0 Å². The number of halogens is 2. The number of rotatable bonds is 2. The van der Waals surface area contributed by atoms with Crippen molar-refractivity contribution < 1.29 is 8.91 Å². The summed E-state index contributed by atoms with van der Waals surface area (Å²) in [7, 11) is 0. The molecule has 0 saturated heterocycles. The van der Waals surface area contributed by atoms with Gasteiger partial charge in [-0.15, -0.1) is 0 Å². The van der Waals surface area contributed by atoms with E-state index in [4.69, 9.17) is 21.9 Å². The van der Waals surface area contributed by atoms with Crippen molar-refractivity contribution >= 4 is 17.5 Å². The molecule has 0 fully saturated rings. The molecule has 0 radical (unpaired) electrons. The van der Waals surface area contributed by atoms with Crippen molar-refractivity contribution in [1.82, 2.24) is 15.1 Å². The van der Waals surface area contributed by atoms with Crippen LogP contribution >= 0.6 is 11.6 Å². The lowest BCUT2D eigenvalue weighted by atomic mass is 10.0. The van der Waals surface area contributed by atoms with Gasteiger partial charge in [0.25, 0.3) is 0 Å². The number of hydrogen-bond donors (Lipinski definition) is 1. The predicted octanol–water partition coefficient (Wildman–Crippen LogP) is 3.17. The molecule has 0 aliphatic rings. The van der Waals surface area contributed by atoms with E-state index < -0.39 is 5.82 Å². The second-order valence-electron chi connectivity index (χ2n) is 3.99. The van der Waals surface area contributed by atoms with Crippen LogP contribution in [0.1, 0.15) is 0 Å². The van der Waals surface area contributed by atoms with Crippen molar-refractivity contribution in [1.29, 1.82) is 0 Å². The monoisotopic (exact) mass is 290 g/mol. The molecule has 5 nitrogen and oxygen atoms in total. The van der Waals surface area contributed by atoms with E-state index in [1.165, 1.54) is 24.5 Å². The molecule has 2 N–H and O–H groups in total. The Morgan fingerprint density at radius 3 is 2.80 bits per heavy atom. The van der Waals surface area contributed by atoms with E-state index in [0.717, 1.165) is 0 Å². The van der Waals surface area contributed by atoms with Gasteiger partial charge in [-0.25, -0.2) is 14.4 Å². The van der Waals surface area contributed by atoms with Gasteiger partial charge in [0.2, 0.25) is 5.88 Å². The second-order valence-corrected chi connectivity index (χ2v) is 4.40. The number of benzene rings is 1. The average Bonchev–Trinajstić information content (AvgIpc) is 2.81. The van der Waals surface area contributed by atoms with Crippen LogP contribution in [0.25, 0.3) is 22.5 Å². The first kappa shape index (κ1) is 12.6. The highest BCUT2D eigenvalue weighted by atomic mass is 35.5. The third-order valence-electron chi connectivity index (χ3n) is 2.74. The first-order valence-electron chi connectivity index (χ1n) is 5.64. The standard InChI is InChI=1S/C13H8ClFN4O/c14-9-5-7(15)1-2-8(9)12-11(13(16)20-19-12)10-3-4-17-6-18-10/h1-6H,16H2. The van der Waals surface area contributed by atoms with E-state index in [9.17, 15) is 4.39 Å². The smallest absolute Gasteiger partial charge is 0.232 e. The molecule has 3 rings (SSSR count). The first-order valence-corrected chi connectivity index (χ1v) is 6.01. The fourth-order valence-corrected chi connectivity index (χ4v) is 2.11. The van der Waals surface area contributed by atoms with Crippen molar-refractivity contribution in [3.8, 4) is 22.5 Å². The molecule has 0 aliphatic carbocycles. The summed E-state index contributed by atoms with van der Waals surface area (Å²) in [5.74, 6) is -0.321. The maximum atomic E-state index is 13.1. The molecule has 2 aromatic heterocycles. The third kappa shape index (κ3) is 2.10. The lowest BCUT2D eigenvalue weighted by Crippen LogP contribution is -1.91. The SMILES string of the molecule is Nc1onc(-c2ccc(F)cc2Cl)c1-c1ccncn1. The molecule has 0 atom stereocenters. The van der Waals surface area contributed by atoms with Gasteiger partial charge in [0.1, 0.15) is 17.8 Å². The Kier molecular flexibility index (Phi) is 3.08. The minimum absolute atomic E-state index is 0.110. The van der Waals surface area contributed by atoms with Crippen molar-refractivity contribution in [2.24, 2.45) is 0 Å². The number of nitrogen functional groups attached to an aromatic ring is 1. The topological polar surface area (TPSA) is 77.8 Å². The Morgan fingerprint density at radius 1 is 1.25 bits per heavy atom. The lowest BCUT2D eigenvalue weighted by Gasteiger charge is -2.03. The van der Waals surface area contributed by atoms with Gasteiger partial charge in [0, 0.05) is 11.8 Å². The highest BCUT2D eigenvalue weighted by molar-refractivity contribution is 6.33. The van der Waals surface area contributed by atoms with Crippen LogP contribution < -0.4 is 5.73 Å². The number of nitrogens with two attached hydrogens (primary N) is 1. The molecule has 20 heavy (non-hydrogen) atoms. The molecule has 1 aromatic carbocycles. The summed E-state index contributed by atoms with van der Waals surface area (Å²) < 4.78 is 18.1. The summed E-state index contributed by atoms with van der Waals surface area (Å²) in [4.78, 5) is 7.95. The van der Waals surface area contributed by atoms with Crippen LogP contribution in [0, 0.1) is 5.82 Å². The molecule has 3 aromatic rings. The zero-order chi connectivity index (χ0) is 14.1. The third-order valence-corrected chi connectivity index (χ3v) is 3.06. The van der Waals surface area contributed by atoms with Gasteiger partial charge in [0.15, 0.2) is 0 Å². The normalized spacial score (nSPS) is 10.7. The molecule has 0 amide bonds. The van der Waals surface area contributed by atoms with Gasteiger partial charge in [-0.3, -0.25) is 0 Å². The van der Waals surface area contributed by atoms with Gasteiger partial charge in [-0.1, -0.05) is 16.8 Å². The van der Waals surface area contributed by atoms with Crippen LogP contribution in [0.2, 0.25) is 5.02 Å². The second kappa shape index (κ2) is 4.90. The van der Waals surface area contributed by atoms with Crippen LogP contribution in [-0.2, 0) is 0 Å². The van der Waals surface area contributed by atoms with Crippen molar-refractivity contribution in [3.63, 3.8) is 0 Å². The molecule has 0 aliphatic heterocycles. The highest BCUT2D eigenvalue weighted by Crippen LogP contribution is 2.38. The van der Waals surface area contributed by atoms with Crippen molar-refractivity contribution in [2.45, 2.75) is 0 Å². The quantitative estimate of drug-likeness (QED) is 0.784. The Morgan fingerprint density at radius 2 is 2.10 bits per heavy atom. The van der Waals surface area contributed by atoms with Gasteiger partial charge in [-0.2, -0.15) is 0 Å². The van der Waals surface area contributed by atoms with E-state index >= 15 is 0 Å². The van der Waals surface area contributed by atoms with E-state index in [0.29, 0.717) is 22.5 Å². The molecule has 7 heteroatoms. The van der Waals surface area contributed by atoms with Crippen LogP contribution in [-0.4, -0.2) is 15.1 Å². The van der Waals surface area contributed by atoms with Crippen LogP contribution in [0.4, 0.5) is 10.3 Å². The summed E-state index contributed by atoms with van der Waals surface area (Å²) in [6.07, 6.45) is 2.96. The molecule has 0 unspecified atom stereocenters. The number of hydrogen-bond acceptors (Lipinski definition) is 5. The fourth-order valence-electron chi connectivity index (χ4n) is 1.85. The largest absolute Gasteiger partial charge is 0.367 e. The predicted molar refractivity (Wildman–Crippen MR) is 72.3 cm³/mol. The maximum Gasteiger partial charge on any atom is 0.232 e. The summed E-state index contributed by atoms with van der Waals surface area (Å²) >= 11 is 6.04. The maximum absolute atomic E-state index is 13.1. The Bertz CT molecular complexity index is 760. The number of nitrogens with zero attached hydrogens (tertiary/aromatic N) is 3. The zero-order valence-electron chi connectivity index (χ0n) is 10.0. The van der Waals surface area contributed by atoms with Gasteiger partial charge >= 0.3 is 0 Å². The van der Waals surface area contributed by atoms with Crippen molar-refractivity contribution in [3.05, 3.63) is 47.6 Å². The zero-order valence-corrected chi connectivity index (χ0v) is 10.8. The minimum atomic E-state index is -0.432.